The zero-order valence-corrected chi connectivity index (χ0v) is 12.3. The Morgan fingerprint density at radius 1 is 1.05 bits per heavy atom. The van der Waals surface area contributed by atoms with Gasteiger partial charge in [0.1, 0.15) is 6.10 Å². The molecule has 0 saturated carbocycles. The fraction of sp³-hybridized carbons (Fsp3) is 0.278. The summed E-state index contributed by atoms with van der Waals surface area (Å²) in [5.74, 6) is -0.552. The highest BCUT2D eigenvalue weighted by molar-refractivity contribution is 5.89. The smallest absolute Gasteiger partial charge is 0.336 e. The van der Waals surface area contributed by atoms with Crippen LogP contribution in [-0.4, -0.2) is 16.2 Å². The van der Waals surface area contributed by atoms with Gasteiger partial charge in [-0.3, -0.25) is 0 Å². The molecule has 3 nitrogen and oxygen atoms in total. The van der Waals surface area contributed by atoms with Crippen LogP contribution < -0.4 is 0 Å². The number of carboxylic acid groups (broad SMARTS) is 1. The molecule has 0 saturated heterocycles. The molecule has 2 aromatic rings. The first-order chi connectivity index (χ1) is 10.0. The highest BCUT2D eigenvalue weighted by Gasteiger charge is 2.18. The Bertz CT molecular complexity index is 617. The number of rotatable bonds is 5. The second-order valence-corrected chi connectivity index (χ2v) is 5.27. The third-order valence-corrected chi connectivity index (χ3v) is 3.92. The molecule has 0 bridgehead atoms. The van der Waals surface area contributed by atoms with E-state index >= 15 is 0 Å². The first kappa shape index (κ1) is 15.3. The van der Waals surface area contributed by atoms with Crippen LogP contribution in [0.5, 0.6) is 0 Å². The molecule has 2 rings (SSSR count). The monoisotopic (exact) mass is 284 g/mol. The number of aliphatic hydroxyl groups is 1. The van der Waals surface area contributed by atoms with Crippen molar-refractivity contribution in [1.82, 2.24) is 0 Å². The van der Waals surface area contributed by atoms with Crippen molar-refractivity contribution in [3.8, 4) is 0 Å². The quantitative estimate of drug-likeness (QED) is 0.873. The molecular formula is C18H20O3. The van der Waals surface area contributed by atoms with Crippen molar-refractivity contribution in [2.75, 3.05) is 0 Å². The van der Waals surface area contributed by atoms with E-state index in [1.165, 1.54) is 11.6 Å². The minimum absolute atomic E-state index is 0.135. The highest BCUT2D eigenvalue weighted by Crippen LogP contribution is 2.27. The molecule has 2 N–H and O–H groups in total. The number of hydrogen-bond donors (Lipinski definition) is 2. The Kier molecular flexibility index (Phi) is 4.76. The zero-order valence-electron chi connectivity index (χ0n) is 12.3. The summed E-state index contributed by atoms with van der Waals surface area (Å²) >= 11 is 0. The first-order valence-corrected chi connectivity index (χ1v) is 7.14. The molecule has 3 heteroatoms. The molecule has 21 heavy (non-hydrogen) atoms. The molecule has 0 aliphatic heterocycles. The van der Waals surface area contributed by atoms with E-state index in [1.54, 1.807) is 18.2 Å². The number of benzene rings is 2. The fourth-order valence-corrected chi connectivity index (χ4v) is 2.35. The van der Waals surface area contributed by atoms with Crippen LogP contribution >= 0.6 is 0 Å². The molecular weight excluding hydrogens is 264 g/mol. The van der Waals surface area contributed by atoms with E-state index < -0.39 is 12.1 Å². The summed E-state index contributed by atoms with van der Waals surface area (Å²) < 4.78 is 0. The van der Waals surface area contributed by atoms with Gasteiger partial charge in [-0.1, -0.05) is 56.3 Å². The van der Waals surface area contributed by atoms with Crippen LogP contribution in [0, 0.1) is 0 Å². The summed E-state index contributed by atoms with van der Waals surface area (Å²) in [5, 5.41) is 19.6. The SMILES string of the molecule is CCC(C)c1ccc(C(O)c2ccccc2C(=O)O)cc1. The molecule has 2 aromatic carbocycles. The fourth-order valence-electron chi connectivity index (χ4n) is 2.35. The Balaban J connectivity index is 2.32. The largest absolute Gasteiger partial charge is 0.478 e. The van der Waals surface area contributed by atoms with Gasteiger partial charge in [0.05, 0.1) is 5.56 Å². The lowest BCUT2D eigenvalue weighted by Gasteiger charge is -2.15. The lowest BCUT2D eigenvalue weighted by Crippen LogP contribution is -2.08. The van der Waals surface area contributed by atoms with Crippen molar-refractivity contribution < 1.29 is 15.0 Å². The van der Waals surface area contributed by atoms with Crippen molar-refractivity contribution >= 4 is 5.97 Å². The van der Waals surface area contributed by atoms with Gasteiger partial charge in [-0.15, -0.1) is 0 Å². The van der Waals surface area contributed by atoms with Gasteiger partial charge in [-0.2, -0.15) is 0 Å². The molecule has 0 aliphatic carbocycles. The number of carboxylic acids is 1. The molecule has 0 heterocycles. The Hall–Kier alpha value is -2.13. The zero-order chi connectivity index (χ0) is 15.4. The lowest BCUT2D eigenvalue weighted by molar-refractivity contribution is 0.0691. The van der Waals surface area contributed by atoms with Gasteiger partial charge in [0.2, 0.25) is 0 Å². The average Bonchev–Trinajstić information content (AvgIpc) is 2.53. The molecule has 0 spiro atoms. The third-order valence-electron chi connectivity index (χ3n) is 3.92. The summed E-state index contributed by atoms with van der Waals surface area (Å²) in [4.78, 5) is 11.2. The molecule has 2 atom stereocenters. The van der Waals surface area contributed by atoms with Gasteiger partial charge in [0.25, 0.3) is 0 Å². The second-order valence-electron chi connectivity index (χ2n) is 5.27. The van der Waals surface area contributed by atoms with E-state index in [-0.39, 0.29) is 5.56 Å². The second kappa shape index (κ2) is 6.55. The molecule has 0 aliphatic rings. The van der Waals surface area contributed by atoms with Crippen molar-refractivity contribution in [1.29, 1.82) is 0 Å². The van der Waals surface area contributed by atoms with Gasteiger partial charge >= 0.3 is 5.97 Å². The van der Waals surface area contributed by atoms with E-state index in [2.05, 4.69) is 13.8 Å². The van der Waals surface area contributed by atoms with E-state index in [4.69, 9.17) is 0 Å². The maximum Gasteiger partial charge on any atom is 0.336 e. The van der Waals surface area contributed by atoms with Crippen LogP contribution in [0.3, 0.4) is 0 Å². The third kappa shape index (κ3) is 3.31. The summed E-state index contributed by atoms with van der Waals surface area (Å²) in [6, 6.07) is 14.3. The van der Waals surface area contributed by atoms with Crippen LogP contribution in [-0.2, 0) is 0 Å². The summed E-state index contributed by atoms with van der Waals surface area (Å²) in [7, 11) is 0. The van der Waals surface area contributed by atoms with Crippen molar-refractivity contribution in [2.24, 2.45) is 0 Å². The van der Waals surface area contributed by atoms with E-state index in [0.29, 0.717) is 17.0 Å². The van der Waals surface area contributed by atoms with Gasteiger partial charge in [-0.05, 0) is 35.1 Å². The van der Waals surface area contributed by atoms with Gasteiger partial charge in [0.15, 0.2) is 0 Å². The summed E-state index contributed by atoms with van der Waals surface area (Å²) in [6.07, 6.45) is 0.132. The van der Waals surface area contributed by atoms with Crippen LogP contribution in [0.4, 0.5) is 0 Å². The summed E-state index contributed by atoms with van der Waals surface area (Å²) in [6.45, 7) is 4.29. The van der Waals surface area contributed by atoms with Crippen LogP contribution in [0.1, 0.15) is 59.3 Å². The molecule has 0 fully saturated rings. The average molecular weight is 284 g/mol. The predicted molar refractivity (Wildman–Crippen MR) is 82.6 cm³/mol. The number of carbonyl (C=O) groups is 1. The molecule has 0 amide bonds. The van der Waals surface area contributed by atoms with E-state index in [1.807, 2.05) is 24.3 Å². The van der Waals surface area contributed by atoms with Crippen LogP contribution in [0.25, 0.3) is 0 Å². The van der Waals surface area contributed by atoms with Crippen LogP contribution in [0.2, 0.25) is 0 Å². The van der Waals surface area contributed by atoms with E-state index in [0.717, 1.165) is 6.42 Å². The minimum atomic E-state index is -1.03. The van der Waals surface area contributed by atoms with Crippen LogP contribution in [0.15, 0.2) is 48.5 Å². The molecule has 2 unspecified atom stereocenters. The van der Waals surface area contributed by atoms with Crippen molar-refractivity contribution in [2.45, 2.75) is 32.3 Å². The first-order valence-electron chi connectivity index (χ1n) is 7.14. The normalized spacial score (nSPS) is 13.7. The van der Waals surface area contributed by atoms with Crippen molar-refractivity contribution in [3.63, 3.8) is 0 Å². The molecule has 0 radical (unpaired) electrons. The number of aromatic carboxylic acids is 1. The highest BCUT2D eigenvalue weighted by atomic mass is 16.4. The molecule has 110 valence electrons. The Morgan fingerprint density at radius 2 is 1.62 bits per heavy atom. The summed E-state index contributed by atoms with van der Waals surface area (Å²) in [5.41, 5.74) is 2.48. The predicted octanol–water partition coefficient (Wildman–Crippen LogP) is 3.98. The standard InChI is InChI=1S/C18H20O3/c1-3-12(2)13-8-10-14(11-9-13)17(19)15-6-4-5-7-16(15)18(20)21/h4-12,17,19H,3H2,1-2H3,(H,20,21). The van der Waals surface area contributed by atoms with Crippen molar-refractivity contribution in [3.05, 3.63) is 70.8 Å². The number of aliphatic hydroxyl groups excluding tert-OH is 1. The number of hydrogen-bond acceptors (Lipinski definition) is 2. The van der Waals surface area contributed by atoms with Gasteiger partial charge < -0.3 is 10.2 Å². The van der Waals surface area contributed by atoms with E-state index in [9.17, 15) is 15.0 Å². The topological polar surface area (TPSA) is 57.5 Å². The molecule has 0 aromatic heterocycles. The maximum atomic E-state index is 11.2. The Morgan fingerprint density at radius 3 is 2.19 bits per heavy atom. The van der Waals surface area contributed by atoms with Gasteiger partial charge in [-0.25, -0.2) is 4.79 Å². The maximum absolute atomic E-state index is 11.2. The Labute approximate surface area is 124 Å². The van der Waals surface area contributed by atoms with Gasteiger partial charge in [0, 0.05) is 0 Å². The minimum Gasteiger partial charge on any atom is -0.478 e. The lowest BCUT2D eigenvalue weighted by atomic mass is 9.93.